The maximum atomic E-state index is 5.94. The molecule has 0 aliphatic carbocycles. The van der Waals surface area contributed by atoms with Gasteiger partial charge in [-0.2, -0.15) is 0 Å². The molecular weight excluding hydrogens is 419 g/mol. The van der Waals surface area contributed by atoms with Crippen molar-refractivity contribution in [1.29, 1.82) is 0 Å². The summed E-state index contributed by atoms with van der Waals surface area (Å²) in [4.78, 5) is 9.26. The highest BCUT2D eigenvalue weighted by atomic mass is 127. The molecule has 140 valence electrons. The van der Waals surface area contributed by atoms with E-state index >= 15 is 0 Å². The average Bonchev–Trinajstić information content (AvgIpc) is 3.10. The van der Waals surface area contributed by atoms with Crippen LogP contribution in [0.2, 0.25) is 0 Å². The number of guanidine groups is 1. The van der Waals surface area contributed by atoms with Gasteiger partial charge >= 0.3 is 0 Å². The number of piperidine rings is 1. The van der Waals surface area contributed by atoms with E-state index < -0.39 is 0 Å². The third-order valence-corrected chi connectivity index (χ3v) is 5.26. The van der Waals surface area contributed by atoms with Crippen LogP contribution >= 0.6 is 24.0 Å². The zero-order valence-corrected chi connectivity index (χ0v) is 17.4. The second kappa shape index (κ2) is 10.1. The summed E-state index contributed by atoms with van der Waals surface area (Å²) in [6.45, 7) is 6.87. The van der Waals surface area contributed by atoms with Crippen molar-refractivity contribution in [2.45, 2.75) is 37.9 Å². The van der Waals surface area contributed by atoms with Gasteiger partial charge in [0.15, 0.2) is 5.96 Å². The van der Waals surface area contributed by atoms with Gasteiger partial charge in [0.05, 0.1) is 12.7 Å². The molecule has 6 nitrogen and oxygen atoms in total. The number of hydrogen-bond acceptors (Lipinski definition) is 4. The van der Waals surface area contributed by atoms with Gasteiger partial charge in [-0.1, -0.05) is 0 Å². The van der Waals surface area contributed by atoms with Crippen molar-refractivity contribution in [1.82, 2.24) is 15.1 Å². The van der Waals surface area contributed by atoms with Crippen LogP contribution in [-0.4, -0.2) is 88.0 Å². The molecule has 0 aromatic heterocycles. The van der Waals surface area contributed by atoms with Gasteiger partial charge in [0.25, 0.3) is 0 Å². The number of rotatable bonds is 3. The van der Waals surface area contributed by atoms with Crippen molar-refractivity contribution in [3.63, 3.8) is 0 Å². The number of aliphatic imine (C=N–C) groups is 1. The quantitative estimate of drug-likeness (QED) is 0.399. The standard InChI is InChI=1S/C17H32N4O2.HI/c1-18-17(19-11-14-5-3-7-20(2)12-14)21-8-10-23-16(13-21)15-6-4-9-22-15;/h14-16H,3-13H2,1-2H3,(H,18,19);1H. The Morgan fingerprint density at radius 3 is 2.62 bits per heavy atom. The van der Waals surface area contributed by atoms with E-state index in [0.29, 0.717) is 0 Å². The van der Waals surface area contributed by atoms with Gasteiger partial charge in [-0.25, -0.2) is 0 Å². The summed E-state index contributed by atoms with van der Waals surface area (Å²) in [6, 6.07) is 0. The van der Waals surface area contributed by atoms with Crippen molar-refractivity contribution < 1.29 is 9.47 Å². The molecule has 3 fully saturated rings. The first-order valence-electron chi connectivity index (χ1n) is 9.13. The van der Waals surface area contributed by atoms with Crippen molar-refractivity contribution in [2.75, 3.05) is 60.0 Å². The minimum absolute atomic E-state index is 0. The zero-order chi connectivity index (χ0) is 16.1. The topological polar surface area (TPSA) is 49.3 Å². The number of nitrogens with one attached hydrogen (secondary N) is 1. The van der Waals surface area contributed by atoms with Crippen LogP contribution in [0.3, 0.4) is 0 Å². The van der Waals surface area contributed by atoms with E-state index in [9.17, 15) is 0 Å². The van der Waals surface area contributed by atoms with Gasteiger partial charge in [-0.05, 0) is 45.2 Å². The molecule has 0 spiro atoms. The van der Waals surface area contributed by atoms with Crippen LogP contribution in [0.1, 0.15) is 25.7 Å². The number of morpholine rings is 1. The van der Waals surface area contributed by atoms with Crippen molar-refractivity contribution in [3.05, 3.63) is 0 Å². The summed E-state index contributed by atoms with van der Waals surface area (Å²) in [6.07, 6.45) is 5.36. The molecule has 0 amide bonds. The first kappa shape index (κ1) is 20.2. The summed E-state index contributed by atoms with van der Waals surface area (Å²) >= 11 is 0. The Bertz CT molecular complexity index is 404. The third kappa shape index (κ3) is 5.44. The largest absolute Gasteiger partial charge is 0.375 e. The summed E-state index contributed by atoms with van der Waals surface area (Å²) in [5, 5.41) is 3.59. The monoisotopic (exact) mass is 452 g/mol. The maximum absolute atomic E-state index is 5.94. The van der Waals surface area contributed by atoms with E-state index in [1.807, 2.05) is 7.05 Å². The fraction of sp³-hybridized carbons (Fsp3) is 0.941. The van der Waals surface area contributed by atoms with E-state index in [2.05, 4.69) is 27.2 Å². The molecule has 0 aromatic carbocycles. The Morgan fingerprint density at radius 2 is 1.92 bits per heavy atom. The number of halogens is 1. The van der Waals surface area contributed by atoms with Crippen molar-refractivity contribution >= 4 is 29.9 Å². The normalized spacial score (nSPS) is 32.5. The fourth-order valence-electron chi connectivity index (χ4n) is 4.00. The highest BCUT2D eigenvalue weighted by Crippen LogP contribution is 2.21. The molecule has 3 atom stereocenters. The minimum Gasteiger partial charge on any atom is -0.375 e. The maximum Gasteiger partial charge on any atom is 0.193 e. The van der Waals surface area contributed by atoms with E-state index in [-0.39, 0.29) is 36.2 Å². The Hall–Kier alpha value is -0.120. The number of likely N-dealkylation sites (tertiary alicyclic amines) is 1. The first-order chi connectivity index (χ1) is 11.3. The van der Waals surface area contributed by atoms with Gasteiger partial charge in [-0.3, -0.25) is 4.99 Å². The van der Waals surface area contributed by atoms with Crippen LogP contribution in [0.5, 0.6) is 0 Å². The molecule has 3 aliphatic heterocycles. The Labute approximate surface area is 163 Å². The second-order valence-electron chi connectivity index (χ2n) is 7.11. The SMILES string of the molecule is CN=C(NCC1CCCN(C)C1)N1CCOC(C2CCCO2)C1.I. The molecule has 1 N–H and O–H groups in total. The van der Waals surface area contributed by atoms with Crippen molar-refractivity contribution in [3.8, 4) is 0 Å². The Balaban J connectivity index is 0.00000208. The van der Waals surface area contributed by atoms with Gasteiger partial charge < -0.3 is 24.6 Å². The zero-order valence-electron chi connectivity index (χ0n) is 15.1. The van der Waals surface area contributed by atoms with Crippen LogP contribution in [0.15, 0.2) is 4.99 Å². The van der Waals surface area contributed by atoms with E-state index in [4.69, 9.17) is 9.47 Å². The molecule has 0 saturated carbocycles. The van der Waals surface area contributed by atoms with Gasteiger partial charge in [0.2, 0.25) is 0 Å². The Morgan fingerprint density at radius 1 is 1.08 bits per heavy atom. The third-order valence-electron chi connectivity index (χ3n) is 5.26. The van der Waals surface area contributed by atoms with Crippen LogP contribution in [0, 0.1) is 5.92 Å². The summed E-state index contributed by atoms with van der Waals surface area (Å²) in [5.74, 6) is 1.74. The van der Waals surface area contributed by atoms with Gasteiger partial charge in [0, 0.05) is 39.8 Å². The lowest BCUT2D eigenvalue weighted by Gasteiger charge is -2.38. The lowest BCUT2D eigenvalue weighted by molar-refractivity contribution is -0.0817. The molecule has 0 bridgehead atoms. The highest BCUT2D eigenvalue weighted by Gasteiger charge is 2.32. The smallest absolute Gasteiger partial charge is 0.193 e. The summed E-state index contributed by atoms with van der Waals surface area (Å²) in [5.41, 5.74) is 0. The molecule has 3 unspecified atom stereocenters. The molecule has 3 saturated heterocycles. The van der Waals surface area contributed by atoms with Gasteiger partial charge in [0.1, 0.15) is 6.10 Å². The van der Waals surface area contributed by atoms with Crippen LogP contribution in [-0.2, 0) is 9.47 Å². The Kier molecular flexibility index (Phi) is 8.53. The van der Waals surface area contributed by atoms with Crippen LogP contribution < -0.4 is 5.32 Å². The molecule has 0 aromatic rings. The van der Waals surface area contributed by atoms with E-state index in [1.165, 1.54) is 25.9 Å². The minimum atomic E-state index is 0. The highest BCUT2D eigenvalue weighted by molar-refractivity contribution is 14.0. The molecule has 3 rings (SSSR count). The summed E-state index contributed by atoms with van der Waals surface area (Å²) < 4.78 is 11.7. The van der Waals surface area contributed by atoms with E-state index in [0.717, 1.165) is 57.6 Å². The first-order valence-corrected chi connectivity index (χ1v) is 9.13. The molecule has 3 aliphatic rings. The second-order valence-corrected chi connectivity index (χ2v) is 7.11. The van der Waals surface area contributed by atoms with Crippen LogP contribution in [0.4, 0.5) is 0 Å². The number of nitrogens with zero attached hydrogens (tertiary/aromatic N) is 3. The summed E-state index contributed by atoms with van der Waals surface area (Å²) in [7, 11) is 4.10. The lowest BCUT2D eigenvalue weighted by Crippen LogP contribution is -2.54. The number of ether oxygens (including phenoxy) is 2. The van der Waals surface area contributed by atoms with Crippen molar-refractivity contribution in [2.24, 2.45) is 10.9 Å². The number of hydrogen-bond donors (Lipinski definition) is 1. The average molecular weight is 452 g/mol. The fourth-order valence-corrected chi connectivity index (χ4v) is 4.00. The van der Waals surface area contributed by atoms with Gasteiger partial charge in [-0.15, -0.1) is 24.0 Å². The predicted octanol–water partition coefficient (Wildman–Crippen LogP) is 1.40. The van der Waals surface area contributed by atoms with Crippen LogP contribution in [0.25, 0.3) is 0 Å². The molecular formula is C17H33IN4O2. The molecule has 24 heavy (non-hydrogen) atoms. The molecule has 0 radical (unpaired) electrons. The predicted molar refractivity (Wildman–Crippen MR) is 107 cm³/mol. The molecule has 7 heteroatoms. The van der Waals surface area contributed by atoms with E-state index in [1.54, 1.807) is 0 Å². The lowest BCUT2D eigenvalue weighted by atomic mass is 9.98. The molecule has 3 heterocycles.